The Morgan fingerprint density at radius 2 is 1.50 bits per heavy atom. The molecule has 2 heterocycles. The van der Waals surface area contributed by atoms with E-state index in [1.807, 2.05) is 60.8 Å². The predicted molar refractivity (Wildman–Crippen MR) is 136 cm³/mol. The molecule has 0 aliphatic rings. The van der Waals surface area contributed by atoms with Gasteiger partial charge in [0.05, 0.1) is 5.52 Å². The fourth-order valence-electron chi connectivity index (χ4n) is 4.01. The summed E-state index contributed by atoms with van der Waals surface area (Å²) in [7, 11) is 1.79. The summed E-state index contributed by atoms with van der Waals surface area (Å²) in [5, 5.41) is 1.88. The standard InChI is InChI=1S/C26H20Br2N2O2/c1-29-14-13-21-24-22(3-2-4-23(24)32-16-18-7-11-20(28)12-8-18)30(25(21)26(29)31)15-17-5-9-19(27)10-6-17/h2-14H,15-16H2,1H3. The zero-order chi connectivity index (χ0) is 22.2. The third-order valence-electron chi connectivity index (χ3n) is 5.64. The number of rotatable bonds is 5. The first kappa shape index (κ1) is 21.0. The van der Waals surface area contributed by atoms with Crippen LogP contribution in [0.4, 0.5) is 0 Å². The number of fused-ring (bicyclic) bond motifs is 3. The van der Waals surface area contributed by atoms with E-state index in [-0.39, 0.29) is 5.56 Å². The van der Waals surface area contributed by atoms with E-state index in [0.29, 0.717) is 18.7 Å². The van der Waals surface area contributed by atoms with Gasteiger partial charge >= 0.3 is 0 Å². The smallest absolute Gasteiger partial charge is 0.274 e. The third kappa shape index (κ3) is 3.89. The zero-order valence-electron chi connectivity index (χ0n) is 17.4. The molecule has 6 heteroatoms. The molecule has 5 rings (SSSR count). The van der Waals surface area contributed by atoms with E-state index in [1.54, 1.807) is 11.6 Å². The van der Waals surface area contributed by atoms with E-state index in [1.165, 1.54) is 0 Å². The van der Waals surface area contributed by atoms with Gasteiger partial charge in [0.2, 0.25) is 0 Å². The number of halogens is 2. The third-order valence-corrected chi connectivity index (χ3v) is 6.70. The van der Waals surface area contributed by atoms with Crippen molar-refractivity contribution in [2.24, 2.45) is 7.05 Å². The lowest BCUT2D eigenvalue weighted by Gasteiger charge is -2.10. The number of pyridine rings is 1. The average Bonchev–Trinajstić information content (AvgIpc) is 3.12. The lowest BCUT2D eigenvalue weighted by Crippen LogP contribution is -2.18. The quantitative estimate of drug-likeness (QED) is 0.245. The van der Waals surface area contributed by atoms with Crippen molar-refractivity contribution < 1.29 is 4.74 Å². The first-order valence-electron chi connectivity index (χ1n) is 10.2. The number of hydrogen-bond donors (Lipinski definition) is 0. The predicted octanol–water partition coefficient (Wildman–Crippen LogP) is 6.65. The van der Waals surface area contributed by atoms with Crippen LogP contribution in [0.1, 0.15) is 11.1 Å². The first-order valence-corrected chi connectivity index (χ1v) is 11.8. The van der Waals surface area contributed by atoms with Crippen LogP contribution in [0.25, 0.3) is 21.8 Å². The van der Waals surface area contributed by atoms with Crippen molar-refractivity contribution in [3.8, 4) is 5.75 Å². The second kappa shape index (κ2) is 8.60. The molecule has 0 N–H and O–H groups in total. The summed E-state index contributed by atoms with van der Waals surface area (Å²) in [6.45, 7) is 1.05. The van der Waals surface area contributed by atoms with E-state index in [0.717, 1.165) is 42.1 Å². The van der Waals surface area contributed by atoms with Gasteiger partial charge in [0.25, 0.3) is 5.56 Å². The maximum atomic E-state index is 13.2. The van der Waals surface area contributed by atoms with Crippen LogP contribution in [0.2, 0.25) is 0 Å². The summed E-state index contributed by atoms with van der Waals surface area (Å²) >= 11 is 6.96. The van der Waals surface area contributed by atoms with Crippen LogP contribution in [-0.4, -0.2) is 9.13 Å². The number of aryl methyl sites for hydroxylation is 1. The zero-order valence-corrected chi connectivity index (χ0v) is 20.6. The molecule has 0 radical (unpaired) electrons. The normalized spacial score (nSPS) is 11.3. The van der Waals surface area contributed by atoms with E-state index in [9.17, 15) is 4.79 Å². The van der Waals surface area contributed by atoms with Crippen LogP contribution >= 0.6 is 31.9 Å². The van der Waals surface area contributed by atoms with Gasteiger partial charge in [-0.3, -0.25) is 4.79 Å². The summed E-state index contributed by atoms with van der Waals surface area (Å²) in [6.07, 6.45) is 1.82. The molecule has 0 saturated carbocycles. The van der Waals surface area contributed by atoms with E-state index < -0.39 is 0 Å². The van der Waals surface area contributed by atoms with Gasteiger partial charge in [-0.25, -0.2) is 0 Å². The molecule has 0 amide bonds. The van der Waals surface area contributed by atoms with Crippen LogP contribution in [0.15, 0.2) is 92.7 Å². The summed E-state index contributed by atoms with van der Waals surface area (Å²) in [5.41, 5.74) is 3.86. The Labute approximate surface area is 202 Å². The number of nitrogens with zero attached hydrogens (tertiary/aromatic N) is 2. The molecule has 0 saturated heterocycles. The molecular formula is C26H20Br2N2O2. The lowest BCUT2D eigenvalue weighted by atomic mass is 10.1. The molecule has 0 unspecified atom stereocenters. The van der Waals surface area contributed by atoms with Crippen LogP contribution in [-0.2, 0) is 20.2 Å². The van der Waals surface area contributed by atoms with Crippen molar-refractivity contribution in [2.45, 2.75) is 13.2 Å². The highest BCUT2D eigenvalue weighted by molar-refractivity contribution is 9.10. The molecule has 0 fully saturated rings. The molecule has 0 spiro atoms. The van der Waals surface area contributed by atoms with Crippen molar-refractivity contribution >= 4 is 53.7 Å². The summed E-state index contributed by atoms with van der Waals surface area (Å²) < 4.78 is 12.1. The monoisotopic (exact) mass is 550 g/mol. The van der Waals surface area contributed by atoms with Crippen molar-refractivity contribution in [2.75, 3.05) is 0 Å². The SMILES string of the molecule is Cn1ccc2c3c(OCc4ccc(Br)cc4)cccc3n(Cc3ccc(Br)cc3)c2c1=O. The van der Waals surface area contributed by atoms with E-state index in [2.05, 4.69) is 54.6 Å². The Bertz CT molecular complexity index is 1480. The fourth-order valence-corrected chi connectivity index (χ4v) is 4.54. The maximum absolute atomic E-state index is 13.2. The van der Waals surface area contributed by atoms with Gasteiger partial charge in [-0.15, -0.1) is 0 Å². The molecule has 160 valence electrons. The Morgan fingerprint density at radius 1 is 0.844 bits per heavy atom. The molecular weight excluding hydrogens is 532 g/mol. The fraction of sp³-hybridized carbons (Fsp3) is 0.115. The molecule has 0 atom stereocenters. The topological polar surface area (TPSA) is 36.2 Å². The second-order valence-corrected chi connectivity index (χ2v) is 9.60. The Balaban J connectivity index is 1.66. The summed E-state index contributed by atoms with van der Waals surface area (Å²) in [6, 6.07) is 24.3. The van der Waals surface area contributed by atoms with E-state index in [4.69, 9.17) is 4.74 Å². The molecule has 2 aromatic heterocycles. The minimum absolute atomic E-state index is 0.0188. The molecule has 0 bridgehead atoms. The molecule has 4 nitrogen and oxygen atoms in total. The van der Waals surface area contributed by atoms with Gasteiger partial charge in [-0.2, -0.15) is 0 Å². The maximum Gasteiger partial charge on any atom is 0.274 e. The lowest BCUT2D eigenvalue weighted by molar-refractivity contribution is 0.310. The molecule has 5 aromatic rings. The average molecular weight is 552 g/mol. The number of ether oxygens (including phenoxy) is 1. The van der Waals surface area contributed by atoms with Crippen molar-refractivity contribution in [1.82, 2.24) is 9.13 Å². The van der Waals surface area contributed by atoms with Gasteiger partial charge in [0.15, 0.2) is 0 Å². The number of benzene rings is 3. The first-order chi connectivity index (χ1) is 15.5. The van der Waals surface area contributed by atoms with E-state index >= 15 is 0 Å². The largest absolute Gasteiger partial charge is 0.488 e. The van der Waals surface area contributed by atoms with Crippen LogP contribution in [0.5, 0.6) is 5.75 Å². The second-order valence-electron chi connectivity index (χ2n) is 7.77. The van der Waals surface area contributed by atoms with Gasteiger partial charge in [0, 0.05) is 39.5 Å². The highest BCUT2D eigenvalue weighted by atomic mass is 79.9. The molecule has 0 aliphatic heterocycles. The Morgan fingerprint density at radius 3 is 2.19 bits per heavy atom. The molecule has 32 heavy (non-hydrogen) atoms. The van der Waals surface area contributed by atoms with Gasteiger partial charge in [0.1, 0.15) is 17.9 Å². The highest BCUT2D eigenvalue weighted by Crippen LogP contribution is 2.35. The van der Waals surface area contributed by atoms with Gasteiger partial charge in [-0.05, 0) is 53.6 Å². The minimum atomic E-state index is -0.0188. The van der Waals surface area contributed by atoms with Crippen LogP contribution in [0.3, 0.4) is 0 Å². The summed E-state index contributed by atoms with van der Waals surface area (Å²) in [5.74, 6) is 0.776. The van der Waals surface area contributed by atoms with Gasteiger partial charge < -0.3 is 13.9 Å². The van der Waals surface area contributed by atoms with Crippen LogP contribution < -0.4 is 10.3 Å². The molecule has 0 aliphatic carbocycles. The van der Waals surface area contributed by atoms with Crippen molar-refractivity contribution in [3.05, 3.63) is 109 Å². The molecule has 3 aromatic carbocycles. The Hall–Kier alpha value is -2.83. The van der Waals surface area contributed by atoms with Crippen LogP contribution in [0, 0.1) is 0 Å². The highest BCUT2D eigenvalue weighted by Gasteiger charge is 2.18. The minimum Gasteiger partial charge on any atom is -0.488 e. The number of aromatic nitrogens is 2. The van der Waals surface area contributed by atoms with Crippen molar-refractivity contribution in [3.63, 3.8) is 0 Å². The van der Waals surface area contributed by atoms with Crippen molar-refractivity contribution in [1.29, 1.82) is 0 Å². The summed E-state index contributed by atoms with van der Waals surface area (Å²) in [4.78, 5) is 13.2. The van der Waals surface area contributed by atoms with Gasteiger partial charge in [-0.1, -0.05) is 62.2 Å². The Kier molecular flexibility index (Phi) is 5.66. The number of hydrogen-bond acceptors (Lipinski definition) is 2.